The minimum absolute atomic E-state index is 0.0591. The van der Waals surface area contributed by atoms with Gasteiger partial charge in [-0.25, -0.2) is 4.98 Å². The van der Waals surface area contributed by atoms with E-state index in [9.17, 15) is 13.2 Å². The minimum Gasteiger partial charge on any atom is -0.243 e. The zero-order chi connectivity index (χ0) is 13.2. The van der Waals surface area contributed by atoms with E-state index in [0.29, 0.717) is 5.56 Å². The fraction of sp³-hybridized carbons (Fsp3) is 0.0769. The molecule has 0 bridgehead atoms. The van der Waals surface area contributed by atoms with E-state index < -0.39 is 11.9 Å². The van der Waals surface area contributed by atoms with Gasteiger partial charge in [-0.05, 0) is 12.1 Å². The summed E-state index contributed by atoms with van der Waals surface area (Å²) in [5, 5.41) is 8.75. The standard InChI is InChI=1S/C13H7F3N2/c14-13(15,16)12-7-9(8-17)6-11(18-12)10-4-2-1-3-5-10/h1-7H. The molecule has 2 nitrogen and oxygen atoms in total. The molecule has 0 N–H and O–H groups in total. The van der Waals surface area contributed by atoms with Crippen molar-refractivity contribution in [3.8, 4) is 17.3 Å². The summed E-state index contributed by atoms with van der Waals surface area (Å²) in [6, 6.07) is 12.2. The molecule has 18 heavy (non-hydrogen) atoms. The summed E-state index contributed by atoms with van der Waals surface area (Å²) >= 11 is 0. The molecule has 1 aromatic carbocycles. The monoisotopic (exact) mass is 248 g/mol. The highest BCUT2D eigenvalue weighted by atomic mass is 19.4. The second-order valence-electron chi connectivity index (χ2n) is 3.60. The van der Waals surface area contributed by atoms with Crippen LogP contribution in [0.4, 0.5) is 13.2 Å². The van der Waals surface area contributed by atoms with Crippen LogP contribution in [0.2, 0.25) is 0 Å². The average molecular weight is 248 g/mol. The van der Waals surface area contributed by atoms with E-state index in [1.807, 2.05) is 0 Å². The molecule has 90 valence electrons. The van der Waals surface area contributed by atoms with Gasteiger partial charge in [0.1, 0.15) is 5.69 Å². The lowest BCUT2D eigenvalue weighted by atomic mass is 10.1. The second-order valence-corrected chi connectivity index (χ2v) is 3.60. The highest BCUT2D eigenvalue weighted by molar-refractivity contribution is 5.61. The molecular weight excluding hydrogens is 241 g/mol. The Morgan fingerprint density at radius 3 is 2.28 bits per heavy atom. The lowest BCUT2D eigenvalue weighted by molar-refractivity contribution is -0.141. The topological polar surface area (TPSA) is 36.7 Å². The predicted octanol–water partition coefficient (Wildman–Crippen LogP) is 3.64. The highest BCUT2D eigenvalue weighted by Crippen LogP contribution is 2.30. The van der Waals surface area contributed by atoms with Crippen molar-refractivity contribution in [1.29, 1.82) is 5.26 Å². The molecule has 0 saturated carbocycles. The second kappa shape index (κ2) is 4.49. The number of aromatic nitrogens is 1. The number of halogens is 3. The molecule has 0 atom stereocenters. The number of hydrogen-bond donors (Lipinski definition) is 0. The number of nitrogens with zero attached hydrogens (tertiary/aromatic N) is 2. The third-order valence-corrected chi connectivity index (χ3v) is 2.31. The zero-order valence-electron chi connectivity index (χ0n) is 9.07. The van der Waals surface area contributed by atoms with Crippen LogP contribution in [0.25, 0.3) is 11.3 Å². The van der Waals surface area contributed by atoms with Crippen LogP contribution in [0.1, 0.15) is 11.3 Å². The number of benzene rings is 1. The van der Waals surface area contributed by atoms with E-state index in [0.717, 1.165) is 6.07 Å². The molecule has 2 rings (SSSR count). The molecule has 0 spiro atoms. The van der Waals surface area contributed by atoms with Crippen LogP contribution in [0.3, 0.4) is 0 Å². The molecule has 0 fully saturated rings. The first kappa shape index (κ1) is 12.1. The van der Waals surface area contributed by atoms with E-state index in [4.69, 9.17) is 5.26 Å². The number of pyridine rings is 1. The molecule has 1 heterocycles. The van der Waals surface area contributed by atoms with Crippen LogP contribution in [0.5, 0.6) is 0 Å². The molecule has 0 radical (unpaired) electrons. The van der Waals surface area contributed by atoms with Crippen molar-refractivity contribution in [2.45, 2.75) is 6.18 Å². The predicted molar refractivity (Wildman–Crippen MR) is 59.4 cm³/mol. The average Bonchev–Trinajstić information content (AvgIpc) is 2.38. The largest absolute Gasteiger partial charge is 0.433 e. The molecule has 0 aliphatic carbocycles. The van der Waals surface area contributed by atoms with Gasteiger partial charge >= 0.3 is 6.18 Å². The lowest BCUT2D eigenvalue weighted by Gasteiger charge is -2.08. The Bertz CT molecular complexity index is 598. The summed E-state index contributed by atoms with van der Waals surface area (Å²) in [5.74, 6) is 0. The summed E-state index contributed by atoms with van der Waals surface area (Å²) in [4.78, 5) is 3.55. The first-order valence-electron chi connectivity index (χ1n) is 5.05. The Balaban J connectivity index is 2.60. The van der Waals surface area contributed by atoms with Gasteiger partial charge in [-0.15, -0.1) is 0 Å². The van der Waals surface area contributed by atoms with Crippen molar-refractivity contribution in [3.63, 3.8) is 0 Å². The Kier molecular flexibility index (Phi) is 3.02. The fourth-order valence-electron chi connectivity index (χ4n) is 1.50. The third kappa shape index (κ3) is 2.48. The van der Waals surface area contributed by atoms with Crippen molar-refractivity contribution in [2.75, 3.05) is 0 Å². The first-order valence-corrected chi connectivity index (χ1v) is 5.05. The quantitative estimate of drug-likeness (QED) is 0.772. The maximum absolute atomic E-state index is 12.6. The van der Waals surface area contributed by atoms with Crippen LogP contribution >= 0.6 is 0 Å². The van der Waals surface area contributed by atoms with Gasteiger partial charge in [0.2, 0.25) is 0 Å². The van der Waals surface area contributed by atoms with Gasteiger partial charge in [0.25, 0.3) is 0 Å². The number of hydrogen-bond acceptors (Lipinski definition) is 2. The Hall–Kier alpha value is -2.35. The van der Waals surface area contributed by atoms with Crippen LogP contribution in [-0.4, -0.2) is 4.98 Å². The zero-order valence-corrected chi connectivity index (χ0v) is 9.07. The maximum Gasteiger partial charge on any atom is 0.433 e. The molecule has 0 saturated heterocycles. The smallest absolute Gasteiger partial charge is 0.243 e. The van der Waals surface area contributed by atoms with Gasteiger partial charge in [0.05, 0.1) is 17.3 Å². The van der Waals surface area contributed by atoms with E-state index in [2.05, 4.69) is 4.98 Å². The van der Waals surface area contributed by atoms with Crippen molar-refractivity contribution >= 4 is 0 Å². The maximum atomic E-state index is 12.6. The van der Waals surface area contributed by atoms with Crippen LogP contribution < -0.4 is 0 Å². The van der Waals surface area contributed by atoms with Gasteiger partial charge in [0.15, 0.2) is 0 Å². The normalized spacial score (nSPS) is 11.0. The van der Waals surface area contributed by atoms with Gasteiger partial charge in [-0.1, -0.05) is 30.3 Å². The first-order chi connectivity index (χ1) is 8.50. The van der Waals surface area contributed by atoms with Crippen LogP contribution in [0.15, 0.2) is 42.5 Å². The van der Waals surface area contributed by atoms with Crippen LogP contribution in [-0.2, 0) is 6.18 Å². The molecular formula is C13H7F3N2. The van der Waals surface area contributed by atoms with Crippen molar-refractivity contribution in [3.05, 3.63) is 53.7 Å². The molecule has 1 aromatic heterocycles. The fourth-order valence-corrected chi connectivity index (χ4v) is 1.50. The highest BCUT2D eigenvalue weighted by Gasteiger charge is 2.33. The molecule has 0 aliphatic heterocycles. The summed E-state index contributed by atoms with van der Waals surface area (Å²) in [6.45, 7) is 0. The summed E-state index contributed by atoms with van der Waals surface area (Å²) in [5.41, 5.74) is -0.432. The third-order valence-electron chi connectivity index (χ3n) is 2.31. The van der Waals surface area contributed by atoms with E-state index in [1.165, 1.54) is 6.07 Å². The summed E-state index contributed by atoms with van der Waals surface area (Å²) < 4.78 is 37.9. The van der Waals surface area contributed by atoms with Gasteiger partial charge in [-0.3, -0.25) is 0 Å². The molecule has 0 aliphatic rings. The number of alkyl halides is 3. The lowest BCUT2D eigenvalue weighted by Crippen LogP contribution is -2.09. The van der Waals surface area contributed by atoms with Crippen LogP contribution in [0, 0.1) is 11.3 Å². The van der Waals surface area contributed by atoms with Gasteiger partial charge in [-0.2, -0.15) is 18.4 Å². The Labute approximate surface area is 101 Å². The van der Waals surface area contributed by atoms with E-state index in [1.54, 1.807) is 36.4 Å². The molecule has 0 amide bonds. The van der Waals surface area contributed by atoms with Crippen molar-refractivity contribution in [1.82, 2.24) is 4.98 Å². The molecule has 2 aromatic rings. The molecule has 5 heteroatoms. The number of rotatable bonds is 1. The van der Waals surface area contributed by atoms with Gasteiger partial charge < -0.3 is 0 Å². The SMILES string of the molecule is N#Cc1cc(-c2ccccc2)nc(C(F)(F)F)c1. The molecule has 0 unspecified atom stereocenters. The summed E-state index contributed by atoms with van der Waals surface area (Å²) in [7, 11) is 0. The van der Waals surface area contributed by atoms with Crippen molar-refractivity contribution in [2.24, 2.45) is 0 Å². The Morgan fingerprint density at radius 2 is 1.72 bits per heavy atom. The summed E-state index contributed by atoms with van der Waals surface area (Å²) in [6.07, 6.45) is -4.56. The van der Waals surface area contributed by atoms with Gasteiger partial charge in [0, 0.05) is 5.56 Å². The van der Waals surface area contributed by atoms with Crippen molar-refractivity contribution < 1.29 is 13.2 Å². The Morgan fingerprint density at radius 1 is 1.06 bits per heavy atom. The van der Waals surface area contributed by atoms with E-state index >= 15 is 0 Å². The van der Waals surface area contributed by atoms with E-state index in [-0.39, 0.29) is 11.3 Å². The minimum atomic E-state index is -4.56. The number of nitriles is 1.